The van der Waals surface area contributed by atoms with Crippen LogP contribution < -0.4 is 5.32 Å². The van der Waals surface area contributed by atoms with E-state index in [2.05, 4.69) is 5.32 Å². The van der Waals surface area contributed by atoms with Gasteiger partial charge in [-0.05, 0) is 19.2 Å². The van der Waals surface area contributed by atoms with Crippen LogP contribution in [0, 0.1) is 5.82 Å². The Kier molecular flexibility index (Phi) is 5.44. The zero-order valence-corrected chi connectivity index (χ0v) is 11.3. The minimum atomic E-state index is -0.483. The molecule has 0 heterocycles. The zero-order chi connectivity index (χ0) is 14.4. The molecule has 0 radical (unpaired) electrons. The fraction of sp³-hybridized carbons (Fsp3) is 0.385. The van der Waals surface area contributed by atoms with Crippen LogP contribution in [0.25, 0.3) is 0 Å². The molecular weight excluding hydrogens is 249 g/mol. The number of hydrogen-bond donors (Lipinski definition) is 1. The lowest BCUT2D eigenvalue weighted by atomic mass is 10.3. The molecule has 0 saturated carbocycles. The van der Waals surface area contributed by atoms with E-state index in [1.165, 1.54) is 17.0 Å². The fourth-order valence-corrected chi connectivity index (χ4v) is 1.43. The second-order valence-corrected chi connectivity index (χ2v) is 4.49. The van der Waals surface area contributed by atoms with E-state index in [1.807, 2.05) is 0 Å². The molecule has 1 aromatic carbocycles. The maximum atomic E-state index is 13.3. The average molecular weight is 267 g/mol. The van der Waals surface area contributed by atoms with Gasteiger partial charge in [0.25, 0.3) is 0 Å². The smallest absolute Gasteiger partial charge is 0.238 e. The number of carbonyl (C=O) groups is 2. The van der Waals surface area contributed by atoms with Gasteiger partial charge in [0.05, 0.1) is 18.8 Å². The lowest BCUT2D eigenvalue weighted by molar-refractivity contribution is -0.130. The maximum Gasteiger partial charge on any atom is 0.238 e. The van der Waals surface area contributed by atoms with E-state index in [-0.39, 0.29) is 30.6 Å². The number of anilines is 1. The van der Waals surface area contributed by atoms with Crippen LogP contribution in [0.2, 0.25) is 0 Å². The summed E-state index contributed by atoms with van der Waals surface area (Å²) in [6.45, 7) is 0.158. The molecule has 6 heteroatoms. The van der Waals surface area contributed by atoms with Crippen molar-refractivity contribution in [1.82, 2.24) is 9.80 Å². The molecule has 0 unspecified atom stereocenters. The Balaban J connectivity index is 2.48. The van der Waals surface area contributed by atoms with Crippen LogP contribution >= 0.6 is 0 Å². The van der Waals surface area contributed by atoms with E-state index < -0.39 is 5.82 Å². The zero-order valence-electron chi connectivity index (χ0n) is 11.3. The number of hydrogen-bond acceptors (Lipinski definition) is 3. The topological polar surface area (TPSA) is 52.7 Å². The molecule has 1 aromatic rings. The van der Waals surface area contributed by atoms with Crippen molar-refractivity contribution in [3.8, 4) is 0 Å². The van der Waals surface area contributed by atoms with E-state index in [0.717, 1.165) is 0 Å². The molecule has 1 rings (SSSR count). The van der Waals surface area contributed by atoms with E-state index in [4.69, 9.17) is 0 Å². The molecule has 104 valence electrons. The molecule has 0 bridgehead atoms. The van der Waals surface area contributed by atoms with Crippen molar-refractivity contribution in [3.63, 3.8) is 0 Å². The molecule has 0 saturated heterocycles. The van der Waals surface area contributed by atoms with Gasteiger partial charge in [0, 0.05) is 14.1 Å². The van der Waals surface area contributed by atoms with Crippen molar-refractivity contribution >= 4 is 17.5 Å². The molecule has 2 amide bonds. The van der Waals surface area contributed by atoms with Crippen molar-refractivity contribution in [2.24, 2.45) is 0 Å². The SMILES string of the molecule is CN(CC(=O)Nc1ccccc1F)CC(=O)N(C)C. The fourth-order valence-electron chi connectivity index (χ4n) is 1.43. The summed E-state index contributed by atoms with van der Waals surface area (Å²) < 4.78 is 13.3. The molecule has 0 aliphatic rings. The van der Waals surface area contributed by atoms with Crippen molar-refractivity contribution in [2.45, 2.75) is 0 Å². The van der Waals surface area contributed by atoms with Gasteiger partial charge in [-0.3, -0.25) is 14.5 Å². The van der Waals surface area contributed by atoms with Crippen molar-refractivity contribution in [2.75, 3.05) is 39.5 Å². The summed E-state index contributed by atoms with van der Waals surface area (Å²) in [4.78, 5) is 26.1. The predicted octanol–water partition coefficient (Wildman–Crippen LogP) is 0.784. The number of rotatable bonds is 5. The van der Waals surface area contributed by atoms with E-state index in [1.54, 1.807) is 38.2 Å². The van der Waals surface area contributed by atoms with Gasteiger partial charge in [-0.25, -0.2) is 4.39 Å². The second-order valence-electron chi connectivity index (χ2n) is 4.49. The van der Waals surface area contributed by atoms with Crippen LogP contribution in [-0.2, 0) is 9.59 Å². The van der Waals surface area contributed by atoms with E-state index in [9.17, 15) is 14.0 Å². The summed E-state index contributed by atoms with van der Waals surface area (Å²) >= 11 is 0. The van der Waals surface area contributed by atoms with Crippen LogP contribution in [0.15, 0.2) is 24.3 Å². The lowest BCUT2D eigenvalue weighted by Crippen LogP contribution is -2.38. The molecule has 19 heavy (non-hydrogen) atoms. The van der Waals surface area contributed by atoms with Gasteiger partial charge in [-0.2, -0.15) is 0 Å². The number of amides is 2. The summed E-state index contributed by atoms with van der Waals surface area (Å²) in [5.74, 6) is -0.941. The molecule has 5 nitrogen and oxygen atoms in total. The Morgan fingerprint density at radius 3 is 2.37 bits per heavy atom. The monoisotopic (exact) mass is 267 g/mol. The number of nitrogens with zero attached hydrogens (tertiary/aromatic N) is 2. The minimum Gasteiger partial charge on any atom is -0.348 e. The van der Waals surface area contributed by atoms with Crippen LogP contribution in [0.1, 0.15) is 0 Å². The number of para-hydroxylation sites is 1. The normalized spacial score (nSPS) is 10.4. The van der Waals surface area contributed by atoms with Crippen LogP contribution in [-0.4, -0.2) is 55.8 Å². The highest BCUT2D eigenvalue weighted by Crippen LogP contribution is 2.11. The number of halogens is 1. The standard InChI is InChI=1S/C13H18FN3O2/c1-16(2)13(19)9-17(3)8-12(18)15-11-7-5-4-6-10(11)14/h4-7H,8-9H2,1-3H3,(H,15,18). The molecule has 0 fully saturated rings. The first-order valence-electron chi connectivity index (χ1n) is 5.83. The van der Waals surface area contributed by atoms with Gasteiger partial charge >= 0.3 is 0 Å². The highest BCUT2D eigenvalue weighted by molar-refractivity contribution is 5.92. The molecule has 0 aromatic heterocycles. The van der Waals surface area contributed by atoms with Crippen LogP contribution in [0.3, 0.4) is 0 Å². The quantitative estimate of drug-likeness (QED) is 0.858. The summed E-state index contributed by atoms with van der Waals surface area (Å²) in [7, 11) is 4.95. The van der Waals surface area contributed by atoms with Gasteiger partial charge in [-0.1, -0.05) is 12.1 Å². The Labute approximate surface area is 112 Å². The van der Waals surface area contributed by atoms with E-state index >= 15 is 0 Å². The lowest BCUT2D eigenvalue weighted by Gasteiger charge is -2.18. The van der Waals surface area contributed by atoms with Gasteiger partial charge in [0.15, 0.2) is 0 Å². The van der Waals surface area contributed by atoms with Gasteiger partial charge < -0.3 is 10.2 Å². The Morgan fingerprint density at radius 2 is 1.79 bits per heavy atom. The van der Waals surface area contributed by atoms with Gasteiger partial charge in [-0.15, -0.1) is 0 Å². The molecule has 0 atom stereocenters. The third kappa shape index (κ3) is 5.05. The first kappa shape index (κ1) is 15.1. The van der Waals surface area contributed by atoms with Crippen molar-refractivity contribution < 1.29 is 14.0 Å². The summed E-state index contributed by atoms with van der Waals surface area (Å²) in [5.41, 5.74) is 0.139. The Hall–Kier alpha value is -1.95. The minimum absolute atomic E-state index is 0.0217. The number of likely N-dealkylation sites (N-methyl/N-ethyl adjacent to an activating group) is 2. The molecular formula is C13H18FN3O2. The molecule has 1 N–H and O–H groups in total. The summed E-state index contributed by atoms with van der Waals surface area (Å²) in [6.07, 6.45) is 0. The van der Waals surface area contributed by atoms with Crippen molar-refractivity contribution in [3.05, 3.63) is 30.1 Å². The van der Waals surface area contributed by atoms with Crippen molar-refractivity contribution in [1.29, 1.82) is 0 Å². The number of carbonyl (C=O) groups excluding carboxylic acids is 2. The highest BCUT2D eigenvalue weighted by atomic mass is 19.1. The maximum absolute atomic E-state index is 13.3. The van der Waals surface area contributed by atoms with Crippen LogP contribution in [0.5, 0.6) is 0 Å². The van der Waals surface area contributed by atoms with Gasteiger partial charge in [0.2, 0.25) is 11.8 Å². The third-order valence-electron chi connectivity index (χ3n) is 2.47. The van der Waals surface area contributed by atoms with Crippen LogP contribution in [0.4, 0.5) is 10.1 Å². The molecule has 0 spiro atoms. The van der Waals surface area contributed by atoms with E-state index in [0.29, 0.717) is 0 Å². The first-order valence-corrected chi connectivity index (χ1v) is 5.83. The first-order chi connectivity index (χ1) is 8.90. The summed E-state index contributed by atoms with van der Waals surface area (Å²) in [5, 5.41) is 2.46. The number of nitrogens with one attached hydrogen (secondary N) is 1. The average Bonchev–Trinajstić information content (AvgIpc) is 2.31. The molecule has 0 aliphatic heterocycles. The Morgan fingerprint density at radius 1 is 1.16 bits per heavy atom. The highest BCUT2D eigenvalue weighted by Gasteiger charge is 2.13. The molecule has 0 aliphatic carbocycles. The largest absolute Gasteiger partial charge is 0.348 e. The predicted molar refractivity (Wildman–Crippen MR) is 71.2 cm³/mol. The Bertz CT molecular complexity index is 463. The van der Waals surface area contributed by atoms with Gasteiger partial charge in [0.1, 0.15) is 5.82 Å². The summed E-state index contributed by atoms with van der Waals surface area (Å²) in [6, 6.07) is 5.94. The number of benzene rings is 1. The third-order valence-corrected chi connectivity index (χ3v) is 2.47. The second kappa shape index (κ2) is 6.84.